The van der Waals surface area contributed by atoms with Crippen LogP contribution in [0.2, 0.25) is 0 Å². The number of benzene rings is 8. The van der Waals surface area contributed by atoms with Crippen molar-refractivity contribution in [3.63, 3.8) is 0 Å². The number of furan rings is 1. The van der Waals surface area contributed by atoms with E-state index in [4.69, 9.17) is 4.42 Å². The van der Waals surface area contributed by atoms with Crippen molar-refractivity contribution in [3.8, 4) is 22.3 Å². The van der Waals surface area contributed by atoms with Crippen molar-refractivity contribution in [2.75, 3.05) is 0 Å². The fraction of sp³-hybridized carbons (Fsp3) is 0.0417. The van der Waals surface area contributed by atoms with Crippen molar-refractivity contribution in [1.82, 2.24) is 0 Å². The van der Waals surface area contributed by atoms with Gasteiger partial charge in [-0.25, -0.2) is 0 Å². The number of thiophene rings is 1. The molecule has 0 saturated heterocycles. The zero-order valence-corrected chi connectivity index (χ0v) is 28.6. The topological polar surface area (TPSA) is 13.1 Å². The number of fused-ring (bicyclic) bond motifs is 12. The molecule has 0 atom stereocenters. The van der Waals surface area contributed by atoms with Crippen molar-refractivity contribution >= 4 is 91.3 Å². The highest BCUT2D eigenvalue weighted by Gasteiger charge is 2.21. The fourth-order valence-electron chi connectivity index (χ4n) is 8.04. The SMILES string of the molecule is C/C=C\C=C(/C)c1ccc(-c2c3ccccc3c(-c3ccc4c(c3)oc3c5ccccc5c5c6ccccc6sc5c43)c3ccccc23)cc1. The predicted molar refractivity (Wildman–Crippen MR) is 218 cm³/mol. The second-order valence-electron chi connectivity index (χ2n) is 13.2. The first-order valence-electron chi connectivity index (χ1n) is 17.2. The molecule has 50 heavy (non-hydrogen) atoms. The van der Waals surface area contributed by atoms with Crippen LogP contribution in [-0.2, 0) is 0 Å². The molecule has 10 rings (SSSR count). The van der Waals surface area contributed by atoms with E-state index in [0.29, 0.717) is 0 Å². The Balaban J connectivity index is 1.23. The highest BCUT2D eigenvalue weighted by atomic mass is 32.1. The number of hydrogen-bond donors (Lipinski definition) is 0. The molecule has 236 valence electrons. The van der Waals surface area contributed by atoms with Gasteiger partial charge in [-0.2, -0.15) is 0 Å². The second-order valence-corrected chi connectivity index (χ2v) is 14.2. The molecule has 2 heterocycles. The molecule has 0 N–H and O–H groups in total. The van der Waals surface area contributed by atoms with Crippen molar-refractivity contribution in [2.45, 2.75) is 13.8 Å². The highest BCUT2D eigenvalue weighted by Crippen LogP contribution is 2.49. The van der Waals surface area contributed by atoms with Gasteiger partial charge in [0.15, 0.2) is 0 Å². The molecule has 0 aliphatic heterocycles. The second kappa shape index (κ2) is 11.3. The monoisotopic (exact) mass is 656 g/mol. The van der Waals surface area contributed by atoms with Crippen LogP contribution < -0.4 is 0 Å². The Morgan fingerprint density at radius 1 is 0.540 bits per heavy atom. The highest BCUT2D eigenvalue weighted by molar-refractivity contribution is 7.27. The molecule has 0 spiro atoms. The largest absolute Gasteiger partial charge is 0.455 e. The fourth-order valence-corrected chi connectivity index (χ4v) is 9.32. The standard InChI is InChI=1S/C48H32OS/c1-3-4-13-29(2)30-22-24-31(25-23-30)43-33-14-5-7-16-35(33)44(36-17-8-6-15-34(36)43)32-26-27-39-41(28-32)49-47-38-19-10-9-18-37(38)45-40-20-11-12-21-42(40)50-48(45)46(39)47/h3-28H,1-2H3/b4-3-,29-13+. The molecule has 8 aromatic carbocycles. The maximum Gasteiger partial charge on any atom is 0.144 e. The lowest BCUT2D eigenvalue weighted by molar-refractivity contribution is 0.673. The van der Waals surface area contributed by atoms with Crippen LogP contribution in [0.1, 0.15) is 19.4 Å². The van der Waals surface area contributed by atoms with Crippen LogP contribution in [0.5, 0.6) is 0 Å². The van der Waals surface area contributed by atoms with E-state index in [1.165, 1.54) is 80.3 Å². The van der Waals surface area contributed by atoms with Crippen LogP contribution in [0, 0.1) is 0 Å². The molecular formula is C48H32OS. The first kappa shape index (κ1) is 29.0. The Morgan fingerprint density at radius 3 is 1.76 bits per heavy atom. The third kappa shape index (κ3) is 4.25. The van der Waals surface area contributed by atoms with Crippen molar-refractivity contribution in [1.29, 1.82) is 0 Å². The lowest BCUT2D eigenvalue weighted by Gasteiger charge is -2.18. The molecule has 0 bridgehead atoms. The van der Waals surface area contributed by atoms with Crippen molar-refractivity contribution < 1.29 is 4.42 Å². The predicted octanol–water partition coefficient (Wildman–Crippen LogP) is 14.7. The molecule has 0 saturated carbocycles. The summed E-state index contributed by atoms with van der Waals surface area (Å²) in [6.45, 7) is 4.22. The van der Waals surface area contributed by atoms with Crippen molar-refractivity contribution in [2.24, 2.45) is 0 Å². The Bertz CT molecular complexity index is 2980. The van der Waals surface area contributed by atoms with E-state index < -0.39 is 0 Å². The maximum atomic E-state index is 6.90. The van der Waals surface area contributed by atoms with E-state index in [-0.39, 0.29) is 0 Å². The number of rotatable bonds is 4. The van der Waals surface area contributed by atoms with Gasteiger partial charge in [0, 0.05) is 36.3 Å². The zero-order chi connectivity index (χ0) is 33.3. The third-order valence-electron chi connectivity index (χ3n) is 10.3. The summed E-state index contributed by atoms with van der Waals surface area (Å²) >= 11 is 1.87. The van der Waals surface area contributed by atoms with Gasteiger partial charge in [0.1, 0.15) is 11.2 Å². The lowest BCUT2D eigenvalue weighted by atomic mass is 9.85. The van der Waals surface area contributed by atoms with E-state index in [1.807, 2.05) is 18.3 Å². The first-order chi connectivity index (χ1) is 24.7. The Kier molecular flexibility index (Phi) is 6.55. The van der Waals surface area contributed by atoms with Gasteiger partial charge in [-0.05, 0) is 92.4 Å². The van der Waals surface area contributed by atoms with E-state index in [1.54, 1.807) is 0 Å². The average molecular weight is 657 g/mol. The molecule has 0 fully saturated rings. The number of hydrogen-bond acceptors (Lipinski definition) is 2. The van der Waals surface area contributed by atoms with Crippen LogP contribution in [-0.4, -0.2) is 0 Å². The molecule has 2 heteroatoms. The molecule has 0 radical (unpaired) electrons. The maximum absolute atomic E-state index is 6.90. The van der Waals surface area contributed by atoms with Gasteiger partial charge in [-0.3, -0.25) is 0 Å². The lowest BCUT2D eigenvalue weighted by Crippen LogP contribution is -1.91. The minimum Gasteiger partial charge on any atom is -0.455 e. The number of allylic oxidation sites excluding steroid dienone is 4. The molecule has 2 aromatic heterocycles. The molecule has 1 nitrogen and oxygen atoms in total. The minimum atomic E-state index is 0.918. The van der Waals surface area contributed by atoms with Gasteiger partial charge in [0.25, 0.3) is 0 Å². The van der Waals surface area contributed by atoms with Crippen LogP contribution in [0.15, 0.2) is 162 Å². The summed E-state index contributed by atoms with van der Waals surface area (Å²) in [5, 5.41) is 12.4. The summed E-state index contributed by atoms with van der Waals surface area (Å²) in [5.74, 6) is 0. The summed E-state index contributed by atoms with van der Waals surface area (Å²) in [6, 6.07) is 51.1. The molecule has 0 amide bonds. The third-order valence-corrected chi connectivity index (χ3v) is 11.5. The molecular weight excluding hydrogens is 625 g/mol. The molecule has 0 aliphatic rings. The van der Waals surface area contributed by atoms with Gasteiger partial charge in [0.05, 0.1) is 0 Å². The van der Waals surface area contributed by atoms with Gasteiger partial charge in [0.2, 0.25) is 0 Å². The zero-order valence-electron chi connectivity index (χ0n) is 27.8. The summed E-state index contributed by atoms with van der Waals surface area (Å²) in [5.41, 5.74) is 9.26. The first-order valence-corrected chi connectivity index (χ1v) is 18.0. The van der Waals surface area contributed by atoms with Crippen LogP contribution >= 0.6 is 11.3 Å². The quantitative estimate of drug-likeness (QED) is 0.136. The van der Waals surface area contributed by atoms with Gasteiger partial charge >= 0.3 is 0 Å². The Hall–Kier alpha value is -5.96. The Labute approximate surface area is 294 Å². The van der Waals surface area contributed by atoms with Crippen LogP contribution in [0.25, 0.3) is 102 Å². The van der Waals surface area contributed by atoms with E-state index in [2.05, 4.69) is 165 Å². The van der Waals surface area contributed by atoms with E-state index in [0.717, 1.165) is 27.5 Å². The summed E-state index contributed by atoms with van der Waals surface area (Å²) in [7, 11) is 0. The van der Waals surface area contributed by atoms with Gasteiger partial charge in [-0.15, -0.1) is 11.3 Å². The van der Waals surface area contributed by atoms with Gasteiger partial charge < -0.3 is 4.42 Å². The van der Waals surface area contributed by atoms with E-state index >= 15 is 0 Å². The average Bonchev–Trinajstić information content (AvgIpc) is 3.75. The Morgan fingerprint density at radius 2 is 1.10 bits per heavy atom. The normalized spacial score (nSPS) is 12.6. The summed E-state index contributed by atoms with van der Waals surface area (Å²) in [6.07, 6.45) is 6.33. The summed E-state index contributed by atoms with van der Waals surface area (Å²) < 4.78 is 9.50. The van der Waals surface area contributed by atoms with Crippen molar-refractivity contribution in [3.05, 3.63) is 163 Å². The molecule has 0 aliphatic carbocycles. The van der Waals surface area contributed by atoms with Crippen LogP contribution in [0.3, 0.4) is 0 Å². The van der Waals surface area contributed by atoms with E-state index in [9.17, 15) is 0 Å². The molecule has 10 aromatic rings. The summed E-state index contributed by atoms with van der Waals surface area (Å²) in [4.78, 5) is 0. The smallest absolute Gasteiger partial charge is 0.144 e. The van der Waals surface area contributed by atoms with Crippen LogP contribution in [0.4, 0.5) is 0 Å². The van der Waals surface area contributed by atoms with Gasteiger partial charge in [-0.1, -0.05) is 140 Å². The minimum absolute atomic E-state index is 0.918. The molecule has 0 unspecified atom stereocenters.